The molecule has 0 radical (unpaired) electrons. The zero-order valence-corrected chi connectivity index (χ0v) is 9.43. The molecule has 92 valence electrons. The van der Waals surface area contributed by atoms with Crippen molar-refractivity contribution in [3.05, 3.63) is 0 Å². The number of carbonyl (C=O) groups is 1. The van der Waals surface area contributed by atoms with E-state index in [4.69, 9.17) is 5.11 Å². The Bertz CT molecular complexity index is 256. The second-order valence-electron chi connectivity index (χ2n) is 4.76. The lowest BCUT2D eigenvalue weighted by atomic mass is 10.0. The van der Waals surface area contributed by atoms with Crippen LogP contribution in [-0.4, -0.2) is 58.9 Å². The highest BCUT2D eigenvalue weighted by Crippen LogP contribution is 2.22. The van der Waals surface area contributed by atoms with Gasteiger partial charge in [0, 0.05) is 19.1 Å². The summed E-state index contributed by atoms with van der Waals surface area (Å²) in [6.45, 7) is 0.654. The third kappa shape index (κ3) is 2.93. The maximum Gasteiger partial charge on any atom is 0.239 e. The minimum absolute atomic E-state index is 0.0747. The summed E-state index contributed by atoms with van der Waals surface area (Å²) in [6, 6.07) is 0.448. The van der Waals surface area contributed by atoms with Crippen molar-refractivity contribution in [1.82, 2.24) is 10.2 Å². The lowest BCUT2D eigenvalue weighted by Gasteiger charge is -2.33. The molecule has 2 rings (SSSR count). The van der Waals surface area contributed by atoms with Crippen LogP contribution in [0.15, 0.2) is 0 Å². The number of nitrogens with zero attached hydrogens (tertiary/aromatic N) is 1. The highest BCUT2D eigenvalue weighted by Gasteiger charge is 2.33. The van der Waals surface area contributed by atoms with Crippen LogP contribution in [0.3, 0.4) is 0 Å². The summed E-state index contributed by atoms with van der Waals surface area (Å²) in [4.78, 5) is 13.7. The van der Waals surface area contributed by atoms with E-state index in [9.17, 15) is 9.90 Å². The van der Waals surface area contributed by atoms with Crippen LogP contribution in [-0.2, 0) is 4.79 Å². The van der Waals surface area contributed by atoms with Crippen LogP contribution in [0.1, 0.15) is 25.7 Å². The van der Waals surface area contributed by atoms with Gasteiger partial charge in [-0.1, -0.05) is 0 Å². The van der Waals surface area contributed by atoms with E-state index >= 15 is 0 Å². The minimum atomic E-state index is -0.816. The topological polar surface area (TPSA) is 72.8 Å². The number of nitrogens with one attached hydrogen (secondary N) is 1. The number of β-amino-alcohol motifs (C(OH)–C–C–N with tert-alkyl or cyclic N) is 1. The van der Waals surface area contributed by atoms with Gasteiger partial charge < -0.3 is 20.4 Å². The number of hydrogen-bond donors (Lipinski definition) is 3. The van der Waals surface area contributed by atoms with Crippen molar-refractivity contribution in [2.24, 2.45) is 0 Å². The van der Waals surface area contributed by atoms with Crippen LogP contribution in [0.4, 0.5) is 0 Å². The van der Waals surface area contributed by atoms with E-state index in [-0.39, 0.29) is 25.1 Å². The monoisotopic (exact) mass is 228 g/mol. The van der Waals surface area contributed by atoms with Crippen molar-refractivity contribution in [1.29, 1.82) is 0 Å². The fraction of sp³-hybridized carbons (Fsp3) is 0.909. The fourth-order valence-electron chi connectivity index (χ4n) is 2.12. The molecule has 16 heavy (non-hydrogen) atoms. The molecule has 1 aliphatic carbocycles. The molecule has 1 saturated heterocycles. The molecule has 5 heteroatoms. The molecule has 0 aromatic carbocycles. The van der Waals surface area contributed by atoms with Crippen LogP contribution in [0.5, 0.6) is 0 Å². The quantitative estimate of drug-likeness (QED) is 0.569. The summed E-state index contributed by atoms with van der Waals surface area (Å²) in [5, 5.41) is 21.4. The van der Waals surface area contributed by atoms with Crippen LogP contribution < -0.4 is 5.32 Å². The standard InChI is InChI=1S/C11H20N2O3/c14-7-9(15)6-13-5-1-2-10(11(13)16)12-8-3-4-8/h8-10,12,14-15H,1-7H2. The van der Waals surface area contributed by atoms with Gasteiger partial charge >= 0.3 is 0 Å². The summed E-state index contributed by atoms with van der Waals surface area (Å²) in [7, 11) is 0. The second kappa shape index (κ2) is 5.12. The Hall–Kier alpha value is -0.650. The Morgan fingerprint density at radius 1 is 1.44 bits per heavy atom. The van der Waals surface area contributed by atoms with Gasteiger partial charge in [-0.3, -0.25) is 4.79 Å². The molecule has 0 spiro atoms. The maximum atomic E-state index is 12.0. The fourth-order valence-corrected chi connectivity index (χ4v) is 2.12. The average molecular weight is 228 g/mol. The van der Waals surface area contributed by atoms with Crippen molar-refractivity contribution in [3.8, 4) is 0 Å². The van der Waals surface area contributed by atoms with Gasteiger partial charge in [0.2, 0.25) is 5.91 Å². The largest absolute Gasteiger partial charge is 0.394 e. The molecule has 2 fully saturated rings. The van der Waals surface area contributed by atoms with Gasteiger partial charge in [0.1, 0.15) is 0 Å². The predicted molar refractivity (Wildman–Crippen MR) is 58.9 cm³/mol. The first kappa shape index (κ1) is 11.8. The van der Waals surface area contributed by atoms with Crippen LogP contribution >= 0.6 is 0 Å². The second-order valence-corrected chi connectivity index (χ2v) is 4.76. The molecule has 2 aliphatic rings. The summed E-state index contributed by atoms with van der Waals surface area (Å²) in [6.07, 6.45) is 3.38. The molecule has 0 bridgehead atoms. The Balaban J connectivity index is 1.85. The van der Waals surface area contributed by atoms with Crippen LogP contribution in [0.25, 0.3) is 0 Å². The molecule has 0 aromatic heterocycles. The van der Waals surface area contributed by atoms with Crippen molar-refractivity contribution >= 4 is 5.91 Å². The molecule has 0 aromatic rings. The number of rotatable bonds is 5. The normalized spacial score (nSPS) is 28.2. The highest BCUT2D eigenvalue weighted by atomic mass is 16.3. The van der Waals surface area contributed by atoms with E-state index < -0.39 is 6.10 Å². The number of piperidine rings is 1. The molecule has 1 heterocycles. The number of aliphatic hydroxyl groups is 2. The Morgan fingerprint density at radius 3 is 2.81 bits per heavy atom. The number of hydrogen-bond acceptors (Lipinski definition) is 4. The highest BCUT2D eigenvalue weighted by molar-refractivity contribution is 5.82. The molecule has 1 amide bonds. The summed E-state index contributed by atoms with van der Waals surface area (Å²) in [5.41, 5.74) is 0. The summed E-state index contributed by atoms with van der Waals surface area (Å²) in [5.74, 6) is 0.0747. The Labute approximate surface area is 95.4 Å². The van der Waals surface area contributed by atoms with Gasteiger partial charge in [-0.15, -0.1) is 0 Å². The average Bonchev–Trinajstić information content (AvgIpc) is 3.07. The lowest BCUT2D eigenvalue weighted by Crippen LogP contribution is -2.53. The van der Waals surface area contributed by atoms with Crippen molar-refractivity contribution in [2.45, 2.75) is 43.9 Å². The van der Waals surface area contributed by atoms with E-state index in [0.29, 0.717) is 12.6 Å². The first-order chi connectivity index (χ1) is 7.70. The number of carbonyl (C=O) groups excluding carboxylic acids is 1. The zero-order chi connectivity index (χ0) is 11.5. The molecular weight excluding hydrogens is 208 g/mol. The smallest absolute Gasteiger partial charge is 0.239 e. The Morgan fingerprint density at radius 2 is 2.19 bits per heavy atom. The van der Waals surface area contributed by atoms with E-state index in [0.717, 1.165) is 12.8 Å². The van der Waals surface area contributed by atoms with E-state index in [2.05, 4.69) is 5.32 Å². The molecule has 1 saturated carbocycles. The maximum absolute atomic E-state index is 12.0. The van der Waals surface area contributed by atoms with Crippen LogP contribution in [0, 0.1) is 0 Å². The molecule has 2 atom stereocenters. The molecular formula is C11H20N2O3. The van der Waals surface area contributed by atoms with Gasteiger partial charge in [0.05, 0.1) is 18.8 Å². The number of amides is 1. The van der Waals surface area contributed by atoms with E-state index in [1.165, 1.54) is 12.8 Å². The van der Waals surface area contributed by atoms with Crippen molar-refractivity contribution in [3.63, 3.8) is 0 Å². The summed E-state index contributed by atoms with van der Waals surface area (Å²) >= 11 is 0. The number of likely N-dealkylation sites (tertiary alicyclic amines) is 1. The van der Waals surface area contributed by atoms with Gasteiger partial charge in [0.15, 0.2) is 0 Å². The molecule has 2 unspecified atom stereocenters. The zero-order valence-electron chi connectivity index (χ0n) is 9.43. The first-order valence-electron chi connectivity index (χ1n) is 6.04. The van der Waals surface area contributed by atoms with Crippen molar-refractivity contribution in [2.75, 3.05) is 19.7 Å². The summed E-state index contributed by atoms with van der Waals surface area (Å²) < 4.78 is 0. The van der Waals surface area contributed by atoms with Gasteiger partial charge in [-0.25, -0.2) is 0 Å². The van der Waals surface area contributed by atoms with E-state index in [1.54, 1.807) is 4.90 Å². The molecule has 5 nitrogen and oxygen atoms in total. The van der Waals surface area contributed by atoms with E-state index in [1.807, 2.05) is 0 Å². The van der Waals surface area contributed by atoms with Gasteiger partial charge in [-0.05, 0) is 25.7 Å². The lowest BCUT2D eigenvalue weighted by molar-refractivity contribution is -0.137. The molecule has 1 aliphatic heterocycles. The van der Waals surface area contributed by atoms with Gasteiger partial charge in [-0.2, -0.15) is 0 Å². The third-order valence-corrected chi connectivity index (χ3v) is 3.19. The van der Waals surface area contributed by atoms with Crippen LogP contribution in [0.2, 0.25) is 0 Å². The SMILES string of the molecule is O=C1C(NC2CC2)CCCN1CC(O)CO. The predicted octanol–water partition coefficient (Wildman–Crippen LogP) is -0.917. The first-order valence-corrected chi connectivity index (χ1v) is 6.04. The number of aliphatic hydroxyl groups excluding tert-OH is 2. The Kier molecular flexibility index (Phi) is 3.78. The third-order valence-electron chi connectivity index (χ3n) is 3.19. The van der Waals surface area contributed by atoms with Gasteiger partial charge in [0.25, 0.3) is 0 Å². The minimum Gasteiger partial charge on any atom is -0.394 e. The molecule has 3 N–H and O–H groups in total. The van der Waals surface area contributed by atoms with Crippen molar-refractivity contribution < 1.29 is 15.0 Å².